The summed E-state index contributed by atoms with van der Waals surface area (Å²) < 4.78 is 0. The van der Waals surface area contributed by atoms with E-state index in [0.717, 1.165) is 16.7 Å². The third kappa shape index (κ3) is 0.872. The molecule has 2 aliphatic carbocycles. The quantitative estimate of drug-likeness (QED) is 0.592. The van der Waals surface area contributed by atoms with Crippen LogP contribution in [0.3, 0.4) is 0 Å². The molecule has 0 fully saturated rings. The molecule has 0 atom stereocenters. The molecule has 0 unspecified atom stereocenters. The summed E-state index contributed by atoms with van der Waals surface area (Å²) in [5, 5.41) is 9.71. The summed E-state index contributed by atoms with van der Waals surface area (Å²) >= 11 is 0. The van der Waals surface area contributed by atoms with E-state index in [2.05, 4.69) is 0 Å². The summed E-state index contributed by atoms with van der Waals surface area (Å²) in [6.07, 6.45) is 0. The lowest BCUT2D eigenvalue weighted by molar-refractivity contribution is 0.482. The van der Waals surface area contributed by atoms with Crippen LogP contribution in [-0.2, 0) is 0 Å². The Morgan fingerprint density at radius 3 is 2.00 bits per heavy atom. The van der Waals surface area contributed by atoms with E-state index in [-0.39, 0.29) is 0 Å². The standard InChI is InChI=1S/C12H8O/c13-12-10(6-9-7-11(9)12)8-4-2-1-3-5-8/h1-7,13H. The predicted octanol–water partition coefficient (Wildman–Crippen LogP) is 3.04. The van der Waals surface area contributed by atoms with Gasteiger partial charge in [-0.3, -0.25) is 0 Å². The molecule has 3 rings (SSSR count). The Labute approximate surface area is 76.3 Å². The minimum atomic E-state index is 0.432. The largest absolute Gasteiger partial charge is 0.507 e. The topological polar surface area (TPSA) is 20.2 Å². The van der Waals surface area contributed by atoms with Crippen LogP contribution in [0.5, 0.6) is 5.75 Å². The zero-order chi connectivity index (χ0) is 8.84. The molecule has 1 heteroatoms. The Hall–Kier alpha value is -1.76. The highest BCUT2D eigenvalue weighted by Crippen LogP contribution is 2.50. The van der Waals surface area contributed by atoms with Gasteiger partial charge in [-0.1, -0.05) is 30.3 Å². The van der Waals surface area contributed by atoms with Gasteiger partial charge in [0.05, 0.1) is 0 Å². The van der Waals surface area contributed by atoms with Crippen molar-refractivity contribution < 1.29 is 5.11 Å². The molecule has 13 heavy (non-hydrogen) atoms. The van der Waals surface area contributed by atoms with E-state index in [4.69, 9.17) is 0 Å². The molecule has 0 aromatic heterocycles. The lowest BCUT2D eigenvalue weighted by Gasteiger charge is -1.98. The summed E-state index contributed by atoms with van der Waals surface area (Å²) in [6, 6.07) is 14.0. The van der Waals surface area contributed by atoms with Gasteiger partial charge in [-0.15, -0.1) is 0 Å². The molecule has 1 N–H and O–H groups in total. The normalized spacial score (nSPS) is 11.4. The molecule has 0 heterocycles. The summed E-state index contributed by atoms with van der Waals surface area (Å²) in [4.78, 5) is 0. The predicted molar refractivity (Wildman–Crippen MR) is 52.5 cm³/mol. The van der Waals surface area contributed by atoms with Crippen LogP contribution in [0.1, 0.15) is 0 Å². The van der Waals surface area contributed by atoms with E-state index >= 15 is 0 Å². The van der Waals surface area contributed by atoms with Crippen LogP contribution in [-0.4, -0.2) is 5.11 Å². The second-order valence-corrected chi connectivity index (χ2v) is 3.29. The van der Waals surface area contributed by atoms with Crippen molar-refractivity contribution in [3.63, 3.8) is 0 Å². The average Bonchev–Trinajstić information content (AvgIpc) is 2.88. The summed E-state index contributed by atoms with van der Waals surface area (Å²) in [6.45, 7) is 0. The Morgan fingerprint density at radius 1 is 0.769 bits per heavy atom. The van der Waals surface area contributed by atoms with Crippen molar-refractivity contribution >= 4 is 0 Å². The fourth-order valence-corrected chi connectivity index (χ4v) is 1.65. The monoisotopic (exact) mass is 168 g/mol. The highest BCUT2D eigenvalue weighted by molar-refractivity contribution is 5.96. The van der Waals surface area contributed by atoms with Gasteiger partial charge in [-0.2, -0.15) is 0 Å². The number of hydrogen-bond donors (Lipinski definition) is 1. The van der Waals surface area contributed by atoms with Crippen LogP contribution in [0.15, 0.2) is 42.5 Å². The van der Waals surface area contributed by atoms with Crippen molar-refractivity contribution in [3.8, 4) is 28.0 Å². The summed E-state index contributed by atoms with van der Waals surface area (Å²) in [5.74, 6) is 0.432. The molecular formula is C12H8O. The van der Waals surface area contributed by atoms with Crippen molar-refractivity contribution in [2.24, 2.45) is 0 Å². The van der Waals surface area contributed by atoms with E-state index in [1.807, 2.05) is 42.5 Å². The lowest BCUT2D eigenvalue weighted by Crippen LogP contribution is -1.72. The molecule has 0 amide bonds. The molecule has 0 saturated carbocycles. The van der Waals surface area contributed by atoms with Crippen LogP contribution in [0.2, 0.25) is 0 Å². The fraction of sp³-hybridized carbons (Fsp3) is 0. The first kappa shape index (κ1) is 6.72. The van der Waals surface area contributed by atoms with Gasteiger partial charge < -0.3 is 5.11 Å². The van der Waals surface area contributed by atoms with Gasteiger partial charge in [0.1, 0.15) is 5.75 Å². The van der Waals surface area contributed by atoms with Crippen molar-refractivity contribution in [2.75, 3.05) is 0 Å². The molecule has 0 bridgehead atoms. The SMILES string of the molecule is Oc1c(-c2ccccc2)cc2cc1-2. The second kappa shape index (κ2) is 2.13. The number of rotatable bonds is 1. The molecule has 0 spiro atoms. The molecular weight excluding hydrogens is 160 g/mol. The molecule has 0 aliphatic heterocycles. The smallest absolute Gasteiger partial charge is 0.131 e. The van der Waals surface area contributed by atoms with E-state index in [0.29, 0.717) is 5.75 Å². The zero-order valence-electron chi connectivity index (χ0n) is 6.99. The van der Waals surface area contributed by atoms with Gasteiger partial charge >= 0.3 is 0 Å². The van der Waals surface area contributed by atoms with Crippen molar-refractivity contribution in [3.05, 3.63) is 42.5 Å². The van der Waals surface area contributed by atoms with E-state index in [9.17, 15) is 5.11 Å². The number of fused-ring (bicyclic) bond motifs is 1. The Morgan fingerprint density at radius 2 is 1.38 bits per heavy atom. The van der Waals surface area contributed by atoms with Crippen molar-refractivity contribution in [1.29, 1.82) is 0 Å². The highest BCUT2D eigenvalue weighted by Gasteiger charge is 2.22. The molecule has 2 aliphatic rings. The van der Waals surface area contributed by atoms with Crippen molar-refractivity contribution in [2.45, 2.75) is 0 Å². The fourth-order valence-electron chi connectivity index (χ4n) is 1.65. The van der Waals surface area contributed by atoms with Crippen LogP contribution in [0, 0.1) is 0 Å². The van der Waals surface area contributed by atoms with Gasteiger partial charge in [0.25, 0.3) is 0 Å². The van der Waals surface area contributed by atoms with Gasteiger partial charge in [-0.05, 0) is 23.3 Å². The maximum absolute atomic E-state index is 9.71. The van der Waals surface area contributed by atoms with Crippen LogP contribution < -0.4 is 0 Å². The number of phenolic OH excluding ortho intramolecular Hbond substituents is 1. The Kier molecular flexibility index (Phi) is 1.10. The molecule has 1 aromatic rings. The first-order chi connectivity index (χ1) is 6.36. The molecule has 62 valence electrons. The first-order valence-corrected chi connectivity index (χ1v) is 4.29. The van der Waals surface area contributed by atoms with E-state index in [1.165, 1.54) is 5.56 Å². The Bertz CT molecular complexity index is 472. The minimum absolute atomic E-state index is 0.432. The first-order valence-electron chi connectivity index (χ1n) is 4.29. The molecule has 1 nitrogen and oxygen atoms in total. The number of phenols is 1. The van der Waals surface area contributed by atoms with Crippen molar-refractivity contribution in [1.82, 2.24) is 0 Å². The molecule has 1 aromatic carbocycles. The molecule has 0 saturated heterocycles. The number of aromatic hydroxyl groups is 1. The van der Waals surface area contributed by atoms with Crippen LogP contribution >= 0.6 is 0 Å². The summed E-state index contributed by atoms with van der Waals surface area (Å²) in [5.41, 5.74) is 4.23. The maximum Gasteiger partial charge on any atom is 0.131 e. The van der Waals surface area contributed by atoms with Gasteiger partial charge in [-0.25, -0.2) is 0 Å². The van der Waals surface area contributed by atoms with Crippen LogP contribution in [0.25, 0.3) is 22.3 Å². The number of benzene rings is 2. The maximum atomic E-state index is 9.71. The second-order valence-electron chi connectivity index (χ2n) is 3.29. The van der Waals surface area contributed by atoms with E-state index in [1.54, 1.807) is 0 Å². The van der Waals surface area contributed by atoms with Crippen LogP contribution in [0.4, 0.5) is 0 Å². The van der Waals surface area contributed by atoms with Gasteiger partial charge in [0.2, 0.25) is 0 Å². The lowest BCUT2D eigenvalue weighted by atomic mass is 10.1. The Balaban J connectivity index is 2.19. The molecule has 0 radical (unpaired) electrons. The van der Waals surface area contributed by atoms with Gasteiger partial charge in [0.15, 0.2) is 0 Å². The third-order valence-electron chi connectivity index (χ3n) is 2.42. The highest BCUT2D eigenvalue weighted by atomic mass is 16.3. The average molecular weight is 168 g/mol. The third-order valence-corrected chi connectivity index (χ3v) is 2.42. The van der Waals surface area contributed by atoms with Gasteiger partial charge in [0, 0.05) is 11.1 Å². The van der Waals surface area contributed by atoms with E-state index < -0.39 is 0 Å². The summed E-state index contributed by atoms with van der Waals surface area (Å²) in [7, 11) is 0. The number of hydrogen-bond acceptors (Lipinski definition) is 1. The zero-order valence-corrected chi connectivity index (χ0v) is 6.99. The minimum Gasteiger partial charge on any atom is -0.507 e.